The van der Waals surface area contributed by atoms with Crippen molar-refractivity contribution in [3.8, 4) is 5.75 Å². The molecule has 6 nitrogen and oxygen atoms in total. The zero-order chi connectivity index (χ0) is 16.8. The van der Waals surface area contributed by atoms with E-state index in [1.165, 1.54) is 0 Å². The maximum Gasteiger partial charge on any atom is 0.223 e. The molecule has 0 bridgehead atoms. The topological polar surface area (TPSA) is 67.3 Å². The summed E-state index contributed by atoms with van der Waals surface area (Å²) in [6.07, 6.45) is 6.81. The number of carbonyl (C=O) groups excluding carboxylic acids is 1. The van der Waals surface area contributed by atoms with Crippen LogP contribution in [0.5, 0.6) is 5.75 Å². The molecular weight excluding hydrogens is 304 g/mol. The molecule has 1 aliphatic rings. The van der Waals surface area contributed by atoms with Crippen molar-refractivity contribution >= 4 is 11.7 Å². The first-order valence-corrected chi connectivity index (χ1v) is 8.18. The minimum Gasteiger partial charge on any atom is -0.497 e. The molecule has 1 saturated heterocycles. The average molecular weight is 326 g/mol. The molecule has 0 spiro atoms. The molecule has 1 amide bonds. The predicted molar refractivity (Wildman–Crippen MR) is 91.8 cm³/mol. The Labute approximate surface area is 141 Å². The lowest BCUT2D eigenvalue weighted by Crippen LogP contribution is -2.40. The molecule has 0 radical (unpaired) electrons. The fourth-order valence-electron chi connectivity index (χ4n) is 2.90. The summed E-state index contributed by atoms with van der Waals surface area (Å²) in [5.41, 5.74) is 1.07. The largest absolute Gasteiger partial charge is 0.497 e. The zero-order valence-electron chi connectivity index (χ0n) is 13.8. The number of ether oxygens (including phenoxy) is 1. The highest BCUT2D eigenvalue weighted by atomic mass is 16.5. The zero-order valence-corrected chi connectivity index (χ0v) is 13.8. The summed E-state index contributed by atoms with van der Waals surface area (Å²) in [7, 11) is 1.64. The molecule has 1 aromatic carbocycles. The van der Waals surface area contributed by atoms with E-state index in [1.807, 2.05) is 24.3 Å². The minimum atomic E-state index is 0.0659. The van der Waals surface area contributed by atoms with Crippen LogP contribution >= 0.6 is 0 Å². The first-order chi connectivity index (χ1) is 11.8. The van der Waals surface area contributed by atoms with Crippen LogP contribution in [-0.4, -0.2) is 36.1 Å². The van der Waals surface area contributed by atoms with E-state index in [2.05, 4.69) is 20.2 Å². The van der Waals surface area contributed by atoms with Crippen LogP contribution in [0.3, 0.4) is 0 Å². The smallest absolute Gasteiger partial charge is 0.223 e. The number of nitrogens with one attached hydrogen (secondary N) is 1. The molecule has 3 rings (SSSR count). The van der Waals surface area contributed by atoms with Gasteiger partial charge >= 0.3 is 0 Å². The number of nitrogens with zero attached hydrogens (tertiary/aromatic N) is 3. The number of benzene rings is 1. The van der Waals surface area contributed by atoms with Gasteiger partial charge in [-0.25, -0.2) is 4.98 Å². The summed E-state index contributed by atoms with van der Waals surface area (Å²) in [5.74, 6) is 1.90. The second-order valence-electron chi connectivity index (χ2n) is 5.89. The first kappa shape index (κ1) is 16.2. The Bertz CT molecular complexity index is 652. The van der Waals surface area contributed by atoms with E-state index in [9.17, 15) is 4.79 Å². The lowest BCUT2D eigenvalue weighted by molar-refractivity contribution is -0.125. The van der Waals surface area contributed by atoms with Gasteiger partial charge in [0.1, 0.15) is 11.6 Å². The van der Waals surface area contributed by atoms with Crippen LogP contribution in [-0.2, 0) is 11.3 Å². The molecule has 2 aromatic rings. The Kier molecular flexibility index (Phi) is 5.25. The minimum absolute atomic E-state index is 0.0659. The molecule has 0 saturated carbocycles. The lowest BCUT2D eigenvalue weighted by Gasteiger charge is -2.31. The molecule has 1 aromatic heterocycles. The third-order valence-electron chi connectivity index (χ3n) is 4.37. The third-order valence-corrected chi connectivity index (χ3v) is 4.37. The number of hydrogen-bond donors (Lipinski definition) is 1. The van der Waals surface area contributed by atoms with Crippen LogP contribution in [0.4, 0.5) is 5.82 Å². The van der Waals surface area contributed by atoms with Crippen molar-refractivity contribution in [3.63, 3.8) is 0 Å². The quantitative estimate of drug-likeness (QED) is 0.910. The number of aromatic nitrogens is 2. The number of hydrogen-bond acceptors (Lipinski definition) is 5. The van der Waals surface area contributed by atoms with Crippen LogP contribution < -0.4 is 15.0 Å². The van der Waals surface area contributed by atoms with E-state index >= 15 is 0 Å². The van der Waals surface area contributed by atoms with Gasteiger partial charge in [0.05, 0.1) is 13.3 Å². The van der Waals surface area contributed by atoms with Crippen molar-refractivity contribution in [2.45, 2.75) is 19.4 Å². The number of amides is 1. The molecule has 6 heteroatoms. The van der Waals surface area contributed by atoms with Crippen LogP contribution in [0.25, 0.3) is 0 Å². The first-order valence-electron chi connectivity index (χ1n) is 8.18. The highest BCUT2D eigenvalue weighted by Gasteiger charge is 2.25. The van der Waals surface area contributed by atoms with Crippen molar-refractivity contribution < 1.29 is 9.53 Å². The highest BCUT2D eigenvalue weighted by Crippen LogP contribution is 2.21. The molecule has 0 aliphatic carbocycles. The van der Waals surface area contributed by atoms with Gasteiger partial charge in [-0.15, -0.1) is 0 Å². The third kappa shape index (κ3) is 4.01. The van der Waals surface area contributed by atoms with E-state index in [-0.39, 0.29) is 11.8 Å². The molecule has 1 N–H and O–H groups in total. The Balaban J connectivity index is 1.46. The van der Waals surface area contributed by atoms with Crippen LogP contribution in [0.2, 0.25) is 0 Å². The van der Waals surface area contributed by atoms with E-state index < -0.39 is 0 Å². The van der Waals surface area contributed by atoms with Crippen LogP contribution in [0.1, 0.15) is 18.4 Å². The Morgan fingerprint density at radius 3 is 2.62 bits per heavy atom. The fourth-order valence-corrected chi connectivity index (χ4v) is 2.90. The summed E-state index contributed by atoms with van der Waals surface area (Å²) < 4.78 is 5.13. The molecule has 1 fully saturated rings. The maximum atomic E-state index is 12.4. The molecular formula is C18H22N4O2. The molecule has 24 heavy (non-hydrogen) atoms. The summed E-state index contributed by atoms with van der Waals surface area (Å²) in [6.45, 7) is 2.21. The lowest BCUT2D eigenvalue weighted by atomic mass is 9.96. The van der Waals surface area contributed by atoms with Gasteiger partial charge < -0.3 is 15.0 Å². The van der Waals surface area contributed by atoms with Crippen molar-refractivity contribution in [1.82, 2.24) is 15.3 Å². The van der Waals surface area contributed by atoms with Gasteiger partial charge in [-0.05, 0) is 30.5 Å². The normalized spacial score (nSPS) is 15.1. The SMILES string of the molecule is COc1ccc(CNC(=O)C2CCN(c3cnccn3)CC2)cc1. The number of anilines is 1. The van der Waals surface area contributed by atoms with Crippen LogP contribution in [0.15, 0.2) is 42.9 Å². The summed E-state index contributed by atoms with van der Waals surface area (Å²) in [4.78, 5) is 22.9. The van der Waals surface area contributed by atoms with Gasteiger partial charge in [0, 0.05) is 37.9 Å². The van der Waals surface area contributed by atoms with Crippen molar-refractivity contribution in [3.05, 3.63) is 48.4 Å². The van der Waals surface area contributed by atoms with Crippen molar-refractivity contribution in [2.75, 3.05) is 25.1 Å². The van der Waals surface area contributed by atoms with Gasteiger partial charge in [0.2, 0.25) is 5.91 Å². The van der Waals surface area contributed by atoms with Gasteiger partial charge in [-0.1, -0.05) is 12.1 Å². The maximum absolute atomic E-state index is 12.4. The Morgan fingerprint density at radius 1 is 1.25 bits per heavy atom. The van der Waals surface area contributed by atoms with Crippen LogP contribution in [0, 0.1) is 5.92 Å². The number of piperidine rings is 1. The van der Waals surface area contributed by atoms with Crippen molar-refractivity contribution in [1.29, 1.82) is 0 Å². The van der Waals surface area contributed by atoms with Gasteiger partial charge in [-0.3, -0.25) is 9.78 Å². The fraction of sp³-hybridized carbons (Fsp3) is 0.389. The predicted octanol–water partition coefficient (Wildman–Crippen LogP) is 2.02. The number of rotatable bonds is 5. The molecule has 2 heterocycles. The summed E-state index contributed by atoms with van der Waals surface area (Å²) in [5, 5.41) is 3.03. The summed E-state index contributed by atoms with van der Waals surface area (Å²) in [6, 6.07) is 7.74. The Hall–Kier alpha value is -2.63. The highest BCUT2D eigenvalue weighted by molar-refractivity contribution is 5.79. The van der Waals surface area contributed by atoms with E-state index in [0.29, 0.717) is 6.54 Å². The molecule has 1 aliphatic heterocycles. The molecule has 0 unspecified atom stereocenters. The standard InChI is InChI=1S/C18H22N4O2/c1-24-16-4-2-14(3-5-16)12-21-18(23)15-6-10-22(11-7-15)17-13-19-8-9-20-17/h2-5,8-9,13,15H,6-7,10-12H2,1H3,(H,21,23). The van der Waals surface area contributed by atoms with E-state index in [1.54, 1.807) is 25.7 Å². The monoisotopic (exact) mass is 326 g/mol. The van der Waals surface area contributed by atoms with E-state index in [4.69, 9.17) is 4.74 Å². The van der Waals surface area contributed by atoms with Crippen molar-refractivity contribution in [2.24, 2.45) is 5.92 Å². The van der Waals surface area contributed by atoms with Gasteiger partial charge in [0.25, 0.3) is 0 Å². The van der Waals surface area contributed by atoms with Gasteiger partial charge in [-0.2, -0.15) is 0 Å². The second kappa shape index (κ2) is 7.77. The Morgan fingerprint density at radius 2 is 2.00 bits per heavy atom. The second-order valence-corrected chi connectivity index (χ2v) is 5.89. The molecule has 0 atom stereocenters. The average Bonchev–Trinajstić information content (AvgIpc) is 2.67. The van der Waals surface area contributed by atoms with Gasteiger partial charge in [0.15, 0.2) is 0 Å². The van der Waals surface area contributed by atoms with E-state index in [0.717, 1.165) is 43.1 Å². The number of methoxy groups -OCH3 is 1. The summed E-state index contributed by atoms with van der Waals surface area (Å²) >= 11 is 0. The number of carbonyl (C=O) groups is 1. The molecule has 126 valence electrons.